The Morgan fingerprint density at radius 3 is 2.61 bits per heavy atom. The van der Waals surface area contributed by atoms with Gasteiger partial charge >= 0.3 is 0 Å². The number of aromatic nitrogens is 4. The van der Waals surface area contributed by atoms with Crippen molar-refractivity contribution in [1.82, 2.24) is 19.6 Å². The second-order valence-corrected chi connectivity index (χ2v) is 8.11. The van der Waals surface area contributed by atoms with Crippen LogP contribution in [0.1, 0.15) is 25.3 Å². The van der Waals surface area contributed by atoms with Gasteiger partial charge in [0.05, 0.1) is 11.4 Å². The van der Waals surface area contributed by atoms with E-state index in [2.05, 4.69) is 27.4 Å². The van der Waals surface area contributed by atoms with Gasteiger partial charge in [-0.1, -0.05) is 67.6 Å². The highest BCUT2D eigenvalue weighted by Gasteiger charge is 2.15. The summed E-state index contributed by atoms with van der Waals surface area (Å²) in [6, 6.07) is 19.0. The summed E-state index contributed by atoms with van der Waals surface area (Å²) in [4.78, 5) is 27.2. The Kier molecular flexibility index (Phi) is 6.47. The standard InChI is InChI=1S/C23H23N5O2S/c1-2-3-7-16-10-12-18(13-11-16)24-21(30)15-31-23-27-26-22-25-20(29)14-19(28(22)23)17-8-5-4-6-9-17/h4-6,8-14H,2-3,7,15H2,1H3,(H,24,30)(H,25,26,29). The fourth-order valence-electron chi connectivity index (χ4n) is 3.28. The van der Waals surface area contributed by atoms with Crippen molar-refractivity contribution in [3.05, 3.63) is 76.6 Å². The summed E-state index contributed by atoms with van der Waals surface area (Å²) in [6.07, 6.45) is 3.37. The fourth-order valence-corrected chi connectivity index (χ4v) is 4.03. The van der Waals surface area contributed by atoms with Gasteiger partial charge in [0.2, 0.25) is 11.7 Å². The van der Waals surface area contributed by atoms with E-state index in [0.717, 1.165) is 30.5 Å². The number of nitrogens with one attached hydrogen (secondary N) is 2. The van der Waals surface area contributed by atoms with Crippen LogP contribution in [0.5, 0.6) is 0 Å². The van der Waals surface area contributed by atoms with Crippen molar-refractivity contribution >= 4 is 29.1 Å². The summed E-state index contributed by atoms with van der Waals surface area (Å²) < 4.78 is 1.76. The lowest BCUT2D eigenvalue weighted by atomic mass is 10.1. The van der Waals surface area contributed by atoms with E-state index in [1.165, 1.54) is 23.4 Å². The van der Waals surface area contributed by atoms with E-state index < -0.39 is 0 Å². The minimum Gasteiger partial charge on any atom is -0.325 e. The van der Waals surface area contributed by atoms with E-state index in [1.807, 2.05) is 54.6 Å². The van der Waals surface area contributed by atoms with Crippen LogP contribution in [0.4, 0.5) is 5.69 Å². The molecule has 158 valence electrons. The number of rotatable bonds is 8. The average Bonchev–Trinajstić information content (AvgIpc) is 3.20. The molecule has 4 rings (SSSR count). The number of carbonyl (C=O) groups is 1. The zero-order valence-corrected chi connectivity index (χ0v) is 18.0. The van der Waals surface area contributed by atoms with E-state index in [4.69, 9.17) is 0 Å². The summed E-state index contributed by atoms with van der Waals surface area (Å²) >= 11 is 1.27. The van der Waals surface area contributed by atoms with Gasteiger partial charge in [-0.3, -0.25) is 19.0 Å². The fraction of sp³-hybridized carbons (Fsp3) is 0.217. The first kappa shape index (κ1) is 20.9. The number of benzene rings is 2. The molecule has 4 aromatic rings. The molecule has 31 heavy (non-hydrogen) atoms. The lowest BCUT2D eigenvalue weighted by Crippen LogP contribution is -2.14. The number of amides is 1. The highest BCUT2D eigenvalue weighted by Crippen LogP contribution is 2.24. The number of unbranched alkanes of at least 4 members (excludes halogenated alkanes) is 1. The minimum atomic E-state index is -0.254. The van der Waals surface area contributed by atoms with Gasteiger partial charge in [-0.15, -0.1) is 10.2 Å². The van der Waals surface area contributed by atoms with Gasteiger partial charge in [0, 0.05) is 11.8 Å². The van der Waals surface area contributed by atoms with Gasteiger partial charge in [-0.25, -0.2) is 0 Å². The molecule has 7 nitrogen and oxygen atoms in total. The Morgan fingerprint density at radius 1 is 1.10 bits per heavy atom. The third kappa shape index (κ3) is 5.03. The molecular weight excluding hydrogens is 410 g/mol. The number of anilines is 1. The Labute approximate surface area is 183 Å². The largest absolute Gasteiger partial charge is 0.325 e. The molecule has 0 unspecified atom stereocenters. The number of fused-ring (bicyclic) bond motifs is 1. The number of H-pyrrole nitrogens is 1. The molecule has 0 aliphatic carbocycles. The summed E-state index contributed by atoms with van der Waals surface area (Å²) in [6.45, 7) is 2.17. The summed E-state index contributed by atoms with van der Waals surface area (Å²) in [5.74, 6) is 0.386. The maximum atomic E-state index is 12.5. The summed E-state index contributed by atoms with van der Waals surface area (Å²) in [7, 11) is 0. The van der Waals surface area contributed by atoms with Gasteiger partial charge in [-0.2, -0.15) is 0 Å². The van der Waals surface area contributed by atoms with E-state index in [0.29, 0.717) is 16.6 Å². The molecule has 0 saturated carbocycles. The Hall–Kier alpha value is -3.39. The molecule has 0 saturated heterocycles. The molecule has 2 N–H and O–H groups in total. The first-order valence-corrected chi connectivity index (χ1v) is 11.2. The van der Waals surface area contributed by atoms with Crippen LogP contribution in [0.15, 0.2) is 70.6 Å². The van der Waals surface area contributed by atoms with Gasteiger partial charge in [0.15, 0.2) is 5.16 Å². The average molecular weight is 434 g/mol. The number of thioether (sulfide) groups is 1. The van der Waals surface area contributed by atoms with Crippen LogP contribution in [0.25, 0.3) is 17.0 Å². The van der Waals surface area contributed by atoms with Gasteiger partial charge in [0.25, 0.3) is 5.56 Å². The number of nitrogens with zero attached hydrogens (tertiary/aromatic N) is 3. The lowest BCUT2D eigenvalue weighted by Gasteiger charge is -2.08. The molecule has 2 heterocycles. The first-order valence-electron chi connectivity index (χ1n) is 10.2. The quantitative estimate of drug-likeness (QED) is 0.407. The number of carbonyl (C=O) groups excluding carboxylic acids is 1. The zero-order valence-electron chi connectivity index (χ0n) is 17.2. The van der Waals surface area contributed by atoms with Crippen molar-refractivity contribution in [1.29, 1.82) is 0 Å². The molecule has 2 aromatic carbocycles. The predicted octanol–water partition coefficient (Wildman–Crippen LogP) is 4.16. The molecular formula is C23H23N5O2S. The van der Waals surface area contributed by atoms with Crippen LogP contribution in [-0.4, -0.2) is 31.2 Å². The second kappa shape index (κ2) is 9.61. The van der Waals surface area contributed by atoms with Crippen LogP contribution in [0.2, 0.25) is 0 Å². The van der Waals surface area contributed by atoms with Crippen molar-refractivity contribution in [2.24, 2.45) is 0 Å². The lowest BCUT2D eigenvalue weighted by molar-refractivity contribution is -0.113. The van der Waals surface area contributed by atoms with E-state index in [-0.39, 0.29) is 17.2 Å². The number of aromatic amines is 1. The molecule has 0 bridgehead atoms. The molecule has 0 aliphatic heterocycles. The molecule has 8 heteroatoms. The Bertz CT molecular complexity index is 1230. The minimum absolute atomic E-state index is 0.131. The third-order valence-corrected chi connectivity index (χ3v) is 5.76. The molecule has 0 fully saturated rings. The maximum absolute atomic E-state index is 12.5. The topological polar surface area (TPSA) is 92.2 Å². The number of hydrogen-bond acceptors (Lipinski definition) is 5. The predicted molar refractivity (Wildman–Crippen MR) is 123 cm³/mol. The third-order valence-electron chi connectivity index (χ3n) is 4.84. The molecule has 0 aliphatic rings. The van der Waals surface area contributed by atoms with E-state index in [9.17, 15) is 9.59 Å². The normalized spacial score (nSPS) is 11.0. The monoisotopic (exact) mass is 433 g/mol. The van der Waals surface area contributed by atoms with Crippen molar-refractivity contribution in [3.63, 3.8) is 0 Å². The van der Waals surface area contributed by atoms with Crippen molar-refractivity contribution < 1.29 is 4.79 Å². The zero-order chi connectivity index (χ0) is 21.6. The van der Waals surface area contributed by atoms with Crippen molar-refractivity contribution in [2.75, 3.05) is 11.1 Å². The SMILES string of the molecule is CCCCc1ccc(NC(=O)CSc2nnc3[nH]c(=O)cc(-c4ccccc4)n23)cc1. The smallest absolute Gasteiger partial charge is 0.252 e. The Balaban J connectivity index is 1.48. The van der Waals surface area contributed by atoms with Gasteiger partial charge in [0.1, 0.15) is 0 Å². The molecule has 0 atom stereocenters. The van der Waals surface area contributed by atoms with Crippen LogP contribution in [0, 0.1) is 0 Å². The Morgan fingerprint density at radius 2 is 1.87 bits per heavy atom. The number of aryl methyl sites for hydroxylation is 1. The van der Waals surface area contributed by atoms with Crippen molar-refractivity contribution in [3.8, 4) is 11.3 Å². The van der Waals surface area contributed by atoms with Crippen LogP contribution in [0.3, 0.4) is 0 Å². The van der Waals surface area contributed by atoms with Crippen molar-refractivity contribution in [2.45, 2.75) is 31.3 Å². The highest BCUT2D eigenvalue weighted by atomic mass is 32.2. The van der Waals surface area contributed by atoms with Gasteiger partial charge < -0.3 is 5.32 Å². The molecule has 2 aromatic heterocycles. The van der Waals surface area contributed by atoms with Crippen LogP contribution < -0.4 is 10.9 Å². The maximum Gasteiger partial charge on any atom is 0.252 e. The van der Waals surface area contributed by atoms with E-state index in [1.54, 1.807) is 4.40 Å². The van der Waals surface area contributed by atoms with Crippen LogP contribution >= 0.6 is 11.8 Å². The molecule has 0 spiro atoms. The van der Waals surface area contributed by atoms with Gasteiger partial charge in [-0.05, 0) is 36.1 Å². The highest BCUT2D eigenvalue weighted by molar-refractivity contribution is 7.99. The summed E-state index contributed by atoms with van der Waals surface area (Å²) in [5.41, 5.74) is 3.33. The molecule has 0 radical (unpaired) electrons. The van der Waals surface area contributed by atoms with Crippen LogP contribution in [-0.2, 0) is 11.2 Å². The number of hydrogen-bond donors (Lipinski definition) is 2. The molecule has 1 amide bonds. The summed E-state index contributed by atoms with van der Waals surface area (Å²) in [5, 5.41) is 11.7. The first-order chi connectivity index (χ1) is 15.1. The second-order valence-electron chi connectivity index (χ2n) is 7.16. The van der Waals surface area contributed by atoms with E-state index >= 15 is 0 Å².